The van der Waals surface area contributed by atoms with Crippen LogP contribution in [-0.4, -0.2) is 12.3 Å². The Balaban J connectivity index is 2.89. The van der Waals surface area contributed by atoms with Gasteiger partial charge in [-0.15, -0.1) is 13.2 Å². The summed E-state index contributed by atoms with van der Waals surface area (Å²) < 4.78 is 38.7. The number of primary amides is 1. The van der Waals surface area contributed by atoms with Crippen molar-refractivity contribution in [1.29, 1.82) is 0 Å². The van der Waals surface area contributed by atoms with Crippen LogP contribution in [0.25, 0.3) is 0 Å². The summed E-state index contributed by atoms with van der Waals surface area (Å²) in [5.74, 6) is -1.36. The van der Waals surface area contributed by atoms with Gasteiger partial charge in [0, 0.05) is 0 Å². The minimum atomic E-state index is -4.78. The van der Waals surface area contributed by atoms with E-state index in [9.17, 15) is 18.0 Å². The van der Waals surface area contributed by atoms with Crippen LogP contribution in [0.1, 0.15) is 10.4 Å². The number of hydrogen-bond acceptors (Lipinski definition) is 2. The van der Waals surface area contributed by atoms with Crippen molar-refractivity contribution in [2.45, 2.75) is 6.36 Å². The molecule has 0 aliphatic carbocycles. The standard InChI is InChI=1S/C8H5F3NO2/c9-8(10,11)14-6-3-1-2-5(4-6)7(12)13/h1,3-4H,(H2,12,13). The highest BCUT2D eigenvalue weighted by atomic mass is 19.4. The number of nitrogens with two attached hydrogens (primary N) is 1. The number of ether oxygens (including phenoxy) is 1. The first kappa shape index (κ1) is 10.4. The average molecular weight is 204 g/mol. The Hall–Kier alpha value is -1.72. The molecule has 2 N–H and O–H groups in total. The topological polar surface area (TPSA) is 52.3 Å². The maximum atomic E-state index is 11.7. The molecular weight excluding hydrogens is 199 g/mol. The lowest BCUT2D eigenvalue weighted by atomic mass is 10.2. The quantitative estimate of drug-likeness (QED) is 0.793. The van der Waals surface area contributed by atoms with Gasteiger partial charge in [-0.25, -0.2) is 0 Å². The Morgan fingerprint density at radius 3 is 2.64 bits per heavy atom. The summed E-state index contributed by atoms with van der Waals surface area (Å²) in [6.45, 7) is 0. The maximum absolute atomic E-state index is 11.7. The van der Waals surface area contributed by atoms with Gasteiger partial charge in [0.2, 0.25) is 5.91 Å². The fourth-order valence-electron chi connectivity index (χ4n) is 0.785. The second-order valence-corrected chi connectivity index (χ2v) is 2.35. The van der Waals surface area contributed by atoms with Crippen LogP contribution in [0, 0.1) is 6.07 Å². The largest absolute Gasteiger partial charge is 0.573 e. The number of carbonyl (C=O) groups excluding carboxylic acids is 1. The fraction of sp³-hybridized carbons (Fsp3) is 0.125. The van der Waals surface area contributed by atoms with Gasteiger partial charge in [0.1, 0.15) is 5.75 Å². The van der Waals surface area contributed by atoms with Crippen molar-refractivity contribution < 1.29 is 22.7 Å². The number of amides is 1. The molecule has 1 amide bonds. The van der Waals surface area contributed by atoms with E-state index in [1.165, 1.54) is 0 Å². The van der Waals surface area contributed by atoms with Gasteiger partial charge in [-0.2, -0.15) is 0 Å². The van der Waals surface area contributed by atoms with Crippen molar-refractivity contribution in [3.8, 4) is 5.75 Å². The Morgan fingerprint density at radius 2 is 2.14 bits per heavy atom. The lowest BCUT2D eigenvalue weighted by Crippen LogP contribution is -2.18. The number of halogens is 3. The molecule has 0 saturated heterocycles. The molecule has 0 heterocycles. The van der Waals surface area contributed by atoms with Crippen molar-refractivity contribution in [3.63, 3.8) is 0 Å². The van der Waals surface area contributed by atoms with Crippen LogP contribution in [0.2, 0.25) is 0 Å². The summed E-state index contributed by atoms with van der Waals surface area (Å²) in [6.07, 6.45) is -4.78. The molecule has 0 fully saturated rings. The zero-order valence-corrected chi connectivity index (χ0v) is 6.76. The molecule has 0 atom stereocenters. The van der Waals surface area contributed by atoms with Crippen molar-refractivity contribution >= 4 is 5.91 Å². The van der Waals surface area contributed by atoms with Gasteiger partial charge in [0.15, 0.2) is 0 Å². The summed E-state index contributed by atoms with van der Waals surface area (Å²) in [6, 6.07) is 5.40. The van der Waals surface area contributed by atoms with Gasteiger partial charge in [-0.05, 0) is 24.3 Å². The third-order valence-corrected chi connectivity index (χ3v) is 1.27. The van der Waals surface area contributed by atoms with Crippen molar-refractivity contribution in [1.82, 2.24) is 0 Å². The van der Waals surface area contributed by atoms with Crippen LogP contribution < -0.4 is 10.5 Å². The summed E-state index contributed by atoms with van der Waals surface area (Å²) in [7, 11) is 0. The first-order valence-corrected chi connectivity index (χ1v) is 3.46. The Kier molecular flexibility index (Phi) is 2.64. The molecule has 0 bridgehead atoms. The molecular formula is C8H5F3NO2. The molecule has 1 rings (SSSR count). The van der Waals surface area contributed by atoms with E-state index in [1.54, 1.807) is 0 Å². The van der Waals surface area contributed by atoms with Gasteiger partial charge in [0.05, 0.1) is 5.56 Å². The van der Waals surface area contributed by atoms with Crippen molar-refractivity contribution in [3.05, 3.63) is 29.8 Å². The molecule has 6 heteroatoms. The van der Waals surface area contributed by atoms with Gasteiger partial charge in [-0.1, -0.05) is 0 Å². The fourth-order valence-corrected chi connectivity index (χ4v) is 0.785. The number of rotatable bonds is 2. The van der Waals surface area contributed by atoms with E-state index in [0.29, 0.717) is 0 Å². The normalized spacial score (nSPS) is 11.1. The molecule has 3 nitrogen and oxygen atoms in total. The van der Waals surface area contributed by atoms with Crippen molar-refractivity contribution in [2.24, 2.45) is 5.73 Å². The summed E-state index contributed by atoms with van der Waals surface area (Å²) in [5, 5.41) is 0. The van der Waals surface area contributed by atoms with Crippen LogP contribution in [0.5, 0.6) is 5.75 Å². The first-order valence-electron chi connectivity index (χ1n) is 3.46. The molecule has 75 valence electrons. The zero-order chi connectivity index (χ0) is 10.8. The van der Waals surface area contributed by atoms with Crippen LogP contribution in [-0.2, 0) is 0 Å². The first-order chi connectivity index (χ1) is 6.38. The number of carbonyl (C=O) groups is 1. The third kappa shape index (κ3) is 2.96. The highest BCUT2D eigenvalue weighted by molar-refractivity contribution is 5.92. The smallest absolute Gasteiger partial charge is 0.406 e. The van der Waals surface area contributed by atoms with E-state index in [4.69, 9.17) is 5.73 Å². The van der Waals surface area contributed by atoms with Crippen LogP contribution >= 0.6 is 0 Å². The summed E-state index contributed by atoms with van der Waals surface area (Å²) in [4.78, 5) is 10.6. The Bertz CT molecular complexity index is 349. The van der Waals surface area contributed by atoms with E-state index in [2.05, 4.69) is 10.8 Å². The van der Waals surface area contributed by atoms with Gasteiger partial charge in [0.25, 0.3) is 0 Å². The molecule has 0 aromatic heterocycles. The van der Waals surface area contributed by atoms with Gasteiger partial charge < -0.3 is 10.5 Å². The monoisotopic (exact) mass is 204 g/mol. The molecule has 1 radical (unpaired) electrons. The molecule has 1 aromatic carbocycles. The lowest BCUT2D eigenvalue weighted by Gasteiger charge is -2.08. The molecule has 14 heavy (non-hydrogen) atoms. The van der Waals surface area contributed by atoms with Crippen LogP contribution in [0.4, 0.5) is 13.2 Å². The second-order valence-electron chi connectivity index (χ2n) is 2.35. The second kappa shape index (κ2) is 3.57. The van der Waals surface area contributed by atoms with E-state index in [0.717, 1.165) is 18.2 Å². The molecule has 0 aliphatic rings. The van der Waals surface area contributed by atoms with Gasteiger partial charge >= 0.3 is 6.36 Å². The Labute approximate surface area is 77.3 Å². The van der Waals surface area contributed by atoms with Crippen molar-refractivity contribution in [2.75, 3.05) is 0 Å². The average Bonchev–Trinajstić information content (AvgIpc) is 2.01. The number of alkyl halides is 3. The highest BCUT2D eigenvalue weighted by Gasteiger charge is 2.31. The molecule has 0 aliphatic heterocycles. The minimum absolute atomic E-state index is 0.160. The van der Waals surface area contributed by atoms with Gasteiger partial charge in [-0.3, -0.25) is 4.79 Å². The van der Waals surface area contributed by atoms with E-state index < -0.39 is 18.0 Å². The molecule has 0 unspecified atom stereocenters. The zero-order valence-electron chi connectivity index (χ0n) is 6.76. The summed E-state index contributed by atoms with van der Waals surface area (Å²) in [5.41, 5.74) is 4.68. The molecule has 1 aromatic rings. The third-order valence-electron chi connectivity index (χ3n) is 1.27. The summed E-state index contributed by atoms with van der Waals surface area (Å²) >= 11 is 0. The van der Waals surface area contributed by atoms with Crippen LogP contribution in [0.3, 0.4) is 0 Å². The number of hydrogen-bond donors (Lipinski definition) is 1. The predicted octanol–water partition coefficient (Wildman–Crippen LogP) is 1.48. The maximum Gasteiger partial charge on any atom is 0.573 e. The Morgan fingerprint density at radius 1 is 1.50 bits per heavy atom. The number of benzene rings is 1. The van der Waals surface area contributed by atoms with E-state index in [-0.39, 0.29) is 5.56 Å². The predicted molar refractivity (Wildman–Crippen MR) is 40.5 cm³/mol. The SMILES string of the molecule is NC(=O)c1[c]ccc(OC(F)(F)F)c1. The lowest BCUT2D eigenvalue weighted by molar-refractivity contribution is -0.274. The molecule has 0 saturated carbocycles. The van der Waals surface area contributed by atoms with E-state index >= 15 is 0 Å². The van der Waals surface area contributed by atoms with Crippen LogP contribution in [0.15, 0.2) is 18.2 Å². The minimum Gasteiger partial charge on any atom is -0.406 e. The highest BCUT2D eigenvalue weighted by Crippen LogP contribution is 2.22. The van der Waals surface area contributed by atoms with E-state index in [1.807, 2.05) is 0 Å². The molecule has 0 spiro atoms.